The Morgan fingerprint density at radius 2 is 2.00 bits per heavy atom. The van der Waals surface area contributed by atoms with E-state index < -0.39 is 29.5 Å². The molecule has 2 N–H and O–H groups in total. The SMILES string of the molecule is N#CSc1ccc(NC(=O)C2CC=CCC2C(=O)O)c(F)c1. The molecule has 5 nitrogen and oxygen atoms in total. The molecule has 2 atom stereocenters. The molecule has 0 spiro atoms. The van der Waals surface area contributed by atoms with Gasteiger partial charge in [-0.25, -0.2) is 4.39 Å². The summed E-state index contributed by atoms with van der Waals surface area (Å²) in [5, 5.41) is 21.9. The lowest BCUT2D eigenvalue weighted by atomic mass is 9.82. The number of amides is 1. The Labute approximate surface area is 130 Å². The van der Waals surface area contributed by atoms with E-state index in [1.807, 2.05) is 5.40 Å². The number of nitrogens with one attached hydrogen (secondary N) is 1. The molecule has 1 aromatic rings. The predicted octanol–water partition coefficient (Wildman–Crippen LogP) is 3.00. The van der Waals surface area contributed by atoms with E-state index in [9.17, 15) is 14.0 Å². The molecule has 2 rings (SSSR count). The maximum Gasteiger partial charge on any atom is 0.307 e. The molecule has 0 saturated carbocycles. The number of nitrogens with zero attached hydrogens (tertiary/aromatic N) is 1. The highest BCUT2D eigenvalue weighted by molar-refractivity contribution is 8.03. The fraction of sp³-hybridized carbons (Fsp3) is 0.267. The van der Waals surface area contributed by atoms with Gasteiger partial charge in [0.1, 0.15) is 11.2 Å². The van der Waals surface area contributed by atoms with Crippen LogP contribution in [0.25, 0.3) is 0 Å². The highest BCUT2D eigenvalue weighted by Crippen LogP contribution is 2.28. The van der Waals surface area contributed by atoms with Crippen molar-refractivity contribution in [2.24, 2.45) is 11.8 Å². The number of hydrogen-bond donors (Lipinski definition) is 2. The van der Waals surface area contributed by atoms with Gasteiger partial charge in [-0.3, -0.25) is 9.59 Å². The van der Waals surface area contributed by atoms with Crippen LogP contribution in [0.4, 0.5) is 10.1 Å². The number of rotatable bonds is 4. The van der Waals surface area contributed by atoms with E-state index in [4.69, 9.17) is 10.4 Å². The molecule has 0 saturated heterocycles. The fourth-order valence-corrected chi connectivity index (χ4v) is 2.72. The van der Waals surface area contributed by atoms with Crippen molar-refractivity contribution < 1.29 is 19.1 Å². The minimum Gasteiger partial charge on any atom is -0.481 e. The van der Waals surface area contributed by atoms with Gasteiger partial charge in [0.25, 0.3) is 0 Å². The van der Waals surface area contributed by atoms with Crippen molar-refractivity contribution in [2.75, 3.05) is 5.32 Å². The number of carbonyl (C=O) groups excluding carboxylic acids is 1. The molecular weight excluding hydrogens is 307 g/mol. The Morgan fingerprint density at radius 1 is 1.32 bits per heavy atom. The average Bonchev–Trinajstić information content (AvgIpc) is 2.50. The number of allylic oxidation sites excluding steroid dienone is 2. The summed E-state index contributed by atoms with van der Waals surface area (Å²) in [6.45, 7) is 0. The van der Waals surface area contributed by atoms with Gasteiger partial charge in [0.2, 0.25) is 5.91 Å². The van der Waals surface area contributed by atoms with E-state index >= 15 is 0 Å². The summed E-state index contributed by atoms with van der Waals surface area (Å²) in [4.78, 5) is 23.8. The van der Waals surface area contributed by atoms with Gasteiger partial charge in [-0.2, -0.15) is 5.26 Å². The van der Waals surface area contributed by atoms with E-state index in [0.717, 1.165) is 17.8 Å². The third kappa shape index (κ3) is 3.65. The summed E-state index contributed by atoms with van der Waals surface area (Å²) < 4.78 is 13.9. The van der Waals surface area contributed by atoms with E-state index in [-0.39, 0.29) is 12.1 Å². The molecule has 0 fully saturated rings. The minimum absolute atomic E-state index is 0.0222. The topological polar surface area (TPSA) is 90.2 Å². The summed E-state index contributed by atoms with van der Waals surface area (Å²) in [6, 6.07) is 4.03. The zero-order valence-corrected chi connectivity index (χ0v) is 12.3. The molecule has 0 aliphatic heterocycles. The molecule has 2 unspecified atom stereocenters. The number of hydrogen-bond acceptors (Lipinski definition) is 4. The standard InChI is InChI=1S/C15H13FN2O3S/c16-12-7-9(22-8-17)5-6-13(12)18-14(19)10-3-1-2-4-11(10)15(20)21/h1-2,5-7,10-11H,3-4H2,(H,18,19)(H,20,21). The second-order valence-electron chi connectivity index (χ2n) is 4.82. The molecular formula is C15H13FN2O3S. The van der Waals surface area contributed by atoms with Crippen molar-refractivity contribution in [1.29, 1.82) is 5.26 Å². The van der Waals surface area contributed by atoms with Crippen molar-refractivity contribution in [1.82, 2.24) is 0 Å². The van der Waals surface area contributed by atoms with Gasteiger partial charge in [0.05, 0.1) is 17.5 Å². The van der Waals surface area contributed by atoms with E-state index in [1.165, 1.54) is 12.1 Å². The Bertz CT molecular complexity index is 669. The lowest BCUT2D eigenvalue weighted by Crippen LogP contribution is -2.34. The van der Waals surface area contributed by atoms with Crippen molar-refractivity contribution in [2.45, 2.75) is 17.7 Å². The summed E-state index contributed by atoms with van der Waals surface area (Å²) in [7, 11) is 0. The van der Waals surface area contributed by atoms with Crippen molar-refractivity contribution in [3.8, 4) is 5.40 Å². The first-order chi connectivity index (χ1) is 10.5. The Kier molecular flexibility index (Phi) is 5.17. The Balaban J connectivity index is 2.13. The van der Waals surface area contributed by atoms with Crippen LogP contribution in [-0.2, 0) is 9.59 Å². The molecule has 114 valence electrons. The molecule has 0 radical (unpaired) electrons. The quantitative estimate of drug-likeness (QED) is 0.505. The molecule has 0 aromatic heterocycles. The van der Waals surface area contributed by atoms with Crippen LogP contribution in [-0.4, -0.2) is 17.0 Å². The number of nitriles is 1. The highest BCUT2D eigenvalue weighted by Gasteiger charge is 2.34. The second kappa shape index (κ2) is 7.09. The van der Waals surface area contributed by atoms with Gasteiger partial charge < -0.3 is 10.4 Å². The maximum absolute atomic E-state index is 13.9. The number of carboxylic acids is 1. The molecule has 1 aliphatic carbocycles. The largest absolute Gasteiger partial charge is 0.481 e. The number of halogens is 1. The highest BCUT2D eigenvalue weighted by atomic mass is 32.2. The van der Waals surface area contributed by atoms with Gasteiger partial charge in [-0.05, 0) is 42.8 Å². The zero-order chi connectivity index (χ0) is 16.1. The fourth-order valence-electron chi connectivity index (χ4n) is 2.32. The summed E-state index contributed by atoms with van der Waals surface area (Å²) in [5.74, 6) is -3.74. The number of aliphatic carboxylic acids is 1. The number of thiocyanates is 1. The molecule has 1 amide bonds. The van der Waals surface area contributed by atoms with Gasteiger partial charge >= 0.3 is 5.97 Å². The molecule has 1 aromatic carbocycles. The number of carboxylic acid groups (broad SMARTS) is 1. The third-order valence-corrected chi connectivity index (χ3v) is 4.03. The minimum atomic E-state index is -1.04. The van der Waals surface area contributed by atoms with Crippen LogP contribution in [0.3, 0.4) is 0 Å². The Hall–Kier alpha value is -2.33. The number of thioether (sulfide) groups is 1. The number of anilines is 1. The monoisotopic (exact) mass is 320 g/mol. The van der Waals surface area contributed by atoms with E-state index in [0.29, 0.717) is 11.3 Å². The van der Waals surface area contributed by atoms with Gasteiger partial charge in [-0.1, -0.05) is 12.2 Å². The molecule has 1 aliphatic rings. The van der Waals surface area contributed by atoms with Crippen LogP contribution in [0, 0.1) is 28.3 Å². The Morgan fingerprint density at radius 3 is 2.59 bits per heavy atom. The lowest BCUT2D eigenvalue weighted by Gasteiger charge is -2.24. The normalized spacial score (nSPS) is 20.2. The average molecular weight is 320 g/mol. The van der Waals surface area contributed by atoms with Crippen LogP contribution in [0.1, 0.15) is 12.8 Å². The first kappa shape index (κ1) is 16.0. The molecule has 7 heteroatoms. The van der Waals surface area contributed by atoms with Crippen molar-refractivity contribution in [3.05, 3.63) is 36.2 Å². The summed E-state index contributed by atoms with van der Waals surface area (Å²) in [5.41, 5.74) is -0.0222. The van der Waals surface area contributed by atoms with E-state index in [1.54, 1.807) is 12.2 Å². The van der Waals surface area contributed by atoms with Crippen molar-refractivity contribution in [3.63, 3.8) is 0 Å². The van der Waals surface area contributed by atoms with Gasteiger partial charge in [0.15, 0.2) is 0 Å². The summed E-state index contributed by atoms with van der Waals surface area (Å²) in [6.07, 6.45) is 4.09. The maximum atomic E-state index is 13.9. The lowest BCUT2D eigenvalue weighted by molar-refractivity contribution is -0.146. The van der Waals surface area contributed by atoms with Crippen LogP contribution in [0.5, 0.6) is 0 Å². The first-order valence-corrected chi connectivity index (χ1v) is 7.38. The van der Waals surface area contributed by atoms with Crippen LogP contribution in [0.2, 0.25) is 0 Å². The molecule has 22 heavy (non-hydrogen) atoms. The van der Waals surface area contributed by atoms with Crippen LogP contribution in [0.15, 0.2) is 35.2 Å². The van der Waals surface area contributed by atoms with Crippen molar-refractivity contribution >= 4 is 29.3 Å². The third-order valence-electron chi connectivity index (χ3n) is 3.45. The van der Waals surface area contributed by atoms with E-state index in [2.05, 4.69) is 5.32 Å². The van der Waals surface area contributed by atoms with Gasteiger partial charge in [0, 0.05) is 4.90 Å². The smallest absolute Gasteiger partial charge is 0.307 e. The molecule has 0 heterocycles. The zero-order valence-electron chi connectivity index (χ0n) is 11.5. The number of carbonyl (C=O) groups is 2. The summed E-state index contributed by atoms with van der Waals surface area (Å²) >= 11 is 0.815. The van der Waals surface area contributed by atoms with Crippen LogP contribution < -0.4 is 5.32 Å². The predicted molar refractivity (Wildman–Crippen MR) is 79.5 cm³/mol. The van der Waals surface area contributed by atoms with Gasteiger partial charge in [-0.15, -0.1) is 0 Å². The first-order valence-electron chi connectivity index (χ1n) is 6.57. The molecule has 0 bridgehead atoms. The second-order valence-corrected chi connectivity index (χ2v) is 5.68. The van der Waals surface area contributed by atoms with Crippen LogP contribution >= 0.6 is 11.8 Å². The number of benzene rings is 1.